The second kappa shape index (κ2) is 9.40. The third-order valence-corrected chi connectivity index (χ3v) is 5.08. The van der Waals surface area contributed by atoms with E-state index in [1.54, 1.807) is 19.5 Å². The van der Waals surface area contributed by atoms with Crippen molar-refractivity contribution in [3.63, 3.8) is 0 Å². The average molecular weight is 441 g/mol. The molecule has 0 aliphatic heterocycles. The van der Waals surface area contributed by atoms with E-state index < -0.39 is 0 Å². The molecular formula is C25H24N6O2. The summed E-state index contributed by atoms with van der Waals surface area (Å²) in [5.41, 5.74) is 4.95. The zero-order valence-electron chi connectivity index (χ0n) is 19.0. The zero-order valence-corrected chi connectivity index (χ0v) is 19.0. The minimum absolute atomic E-state index is 0.381. The van der Waals surface area contributed by atoms with E-state index in [-0.39, 0.29) is 0 Å². The highest BCUT2D eigenvalue weighted by molar-refractivity contribution is 5.89. The molecule has 0 atom stereocenters. The third-order valence-electron chi connectivity index (χ3n) is 5.08. The summed E-state index contributed by atoms with van der Waals surface area (Å²) in [6.07, 6.45) is 3.48. The summed E-state index contributed by atoms with van der Waals surface area (Å²) in [7, 11) is 5.36. The molecule has 0 amide bonds. The standard InChI is InChI=1S/C25H24N6O2/c1-16-5-6-17(13-27-16)15-33-22-10-7-18(11-23(22)32-4)29-20-8-9-21-25(19(20)12-26)30-24(14-28-21)31(2)3/h5-11,13-14,29H,15H2,1-4H3. The number of nitrogens with one attached hydrogen (secondary N) is 1. The van der Waals surface area contributed by atoms with Gasteiger partial charge < -0.3 is 19.7 Å². The molecule has 0 unspecified atom stereocenters. The Morgan fingerprint density at radius 2 is 1.88 bits per heavy atom. The zero-order chi connectivity index (χ0) is 23.4. The molecule has 0 aliphatic carbocycles. The predicted molar refractivity (Wildman–Crippen MR) is 128 cm³/mol. The van der Waals surface area contributed by atoms with Gasteiger partial charge in [0.05, 0.1) is 24.5 Å². The highest BCUT2D eigenvalue weighted by Crippen LogP contribution is 2.33. The molecule has 2 heterocycles. The fourth-order valence-electron chi connectivity index (χ4n) is 3.27. The van der Waals surface area contributed by atoms with E-state index in [1.165, 1.54) is 0 Å². The summed E-state index contributed by atoms with van der Waals surface area (Å²) in [4.78, 5) is 15.2. The number of anilines is 3. The van der Waals surface area contributed by atoms with E-state index in [0.717, 1.165) is 16.9 Å². The van der Waals surface area contributed by atoms with Crippen LogP contribution in [0.5, 0.6) is 11.5 Å². The molecule has 0 fully saturated rings. The topological polar surface area (TPSA) is 96.2 Å². The van der Waals surface area contributed by atoms with Gasteiger partial charge in [-0.15, -0.1) is 0 Å². The van der Waals surface area contributed by atoms with Crippen LogP contribution in [0.1, 0.15) is 16.8 Å². The largest absolute Gasteiger partial charge is 0.493 e. The Balaban J connectivity index is 1.59. The summed E-state index contributed by atoms with van der Waals surface area (Å²) in [5.74, 6) is 1.88. The molecule has 33 heavy (non-hydrogen) atoms. The van der Waals surface area contributed by atoms with E-state index in [9.17, 15) is 5.26 Å². The van der Waals surface area contributed by atoms with Crippen LogP contribution in [0.3, 0.4) is 0 Å². The highest BCUT2D eigenvalue weighted by Gasteiger charge is 2.13. The molecule has 0 bridgehead atoms. The van der Waals surface area contributed by atoms with Crippen molar-refractivity contribution in [1.82, 2.24) is 15.0 Å². The van der Waals surface area contributed by atoms with Crippen LogP contribution in [0.25, 0.3) is 11.0 Å². The Labute approximate surface area is 192 Å². The van der Waals surface area contributed by atoms with E-state index in [0.29, 0.717) is 46.2 Å². The van der Waals surface area contributed by atoms with E-state index in [4.69, 9.17) is 9.47 Å². The van der Waals surface area contributed by atoms with Crippen molar-refractivity contribution in [1.29, 1.82) is 5.26 Å². The van der Waals surface area contributed by atoms with Crippen LogP contribution >= 0.6 is 0 Å². The van der Waals surface area contributed by atoms with Crippen molar-refractivity contribution >= 4 is 28.2 Å². The van der Waals surface area contributed by atoms with Gasteiger partial charge in [0.25, 0.3) is 0 Å². The lowest BCUT2D eigenvalue weighted by Gasteiger charge is -2.15. The molecule has 8 nitrogen and oxygen atoms in total. The smallest absolute Gasteiger partial charge is 0.162 e. The summed E-state index contributed by atoms with van der Waals surface area (Å²) in [6, 6.07) is 15.4. The van der Waals surface area contributed by atoms with Crippen molar-refractivity contribution in [2.45, 2.75) is 13.5 Å². The Hall–Kier alpha value is -4.38. The van der Waals surface area contributed by atoms with Crippen LogP contribution in [0.2, 0.25) is 0 Å². The van der Waals surface area contributed by atoms with Crippen molar-refractivity contribution in [2.24, 2.45) is 0 Å². The van der Waals surface area contributed by atoms with Gasteiger partial charge >= 0.3 is 0 Å². The van der Waals surface area contributed by atoms with Crippen molar-refractivity contribution in [3.05, 3.63) is 71.7 Å². The van der Waals surface area contributed by atoms with Gasteiger partial charge in [-0.3, -0.25) is 9.97 Å². The van der Waals surface area contributed by atoms with Crippen molar-refractivity contribution < 1.29 is 9.47 Å². The van der Waals surface area contributed by atoms with E-state index in [2.05, 4.69) is 26.3 Å². The summed E-state index contributed by atoms with van der Waals surface area (Å²) in [6.45, 7) is 2.33. The van der Waals surface area contributed by atoms with Crippen LogP contribution in [0.4, 0.5) is 17.2 Å². The number of aromatic nitrogens is 3. The molecule has 0 radical (unpaired) electrons. The van der Waals surface area contributed by atoms with Gasteiger partial charge in [0, 0.05) is 43.3 Å². The van der Waals surface area contributed by atoms with Crippen LogP contribution in [0.15, 0.2) is 54.9 Å². The number of fused-ring (bicyclic) bond motifs is 1. The summed E-state index contributed by atoms with van der Waals surface area (Å²) in [5, 5.41) is 13.1. The molecule has 8 heteroatoms. The lowest BCUT2D eigenvalue weighted by atomic mass is 10.1. The maximum Gasteiger partial charge on any atom is 0.162 e. The van der Waals surface area contributed by atoms with Gasteiger partial charge in [0.15, 0.2) is 11.5 Å². The molecule has 2 aromatic heterocycles. The fraction of sp³-hybridized carbons (Fsp3) is 0.200. The van der Waals surface area contributed by atoms with Crippen molar-refractivity contribution in [3.8, 4) is 17.6 Å². The van der Waals surface area contributed by atoms with Gasteiger partial charge in [-0.05, 0) is 37.3 Å². The van der Waals surface area contributed by atoms with Gasteiger partial charge in [0.2, 0.25) is 0 Å². The molecule has 166 valence electrons. The molecule has 1 N–H and O–H groups in total. The highest BCUT2D eigenvalue weighted by atomic mass is 16.5. The van der Waals surface area contributed by atoms with Crippen molar-refractivity contribution in [2.75, 3.05) is 31.4 Å². The summed E-state index contributed by atoms with van der Waals surface area (Å²) >= 11 is 0. The van der Waals surface area contributed by atoms with Crippen LogP contribution < -0.4 is 19.7 Å². The van der Waals surface area contributed by atoms with Gasteiger partial charge in [-0.1, -0.05) is 6.07 Å². The van der Waals surface area contributed by atoms with Crippen LogP contribution in [-0.2, 0) is 6.61 Å². The van der Waals surface area contributed by atoms with Gasteiger partial charge in [-0.2, -0.15) is 5.26 Å². The summed E-state index contributed by atoms with van der Waals surface area (Å²) < 4.78 is 11.5. The number of methoxy groups -OCH3 is 1. The van der Waals surface area contributed by atoms with E-state index in [1.807, 2.05) is 68.4 Å². The monoisotopic (exact) mass is 440 g/mol. The van der Waals surface area contributed by atoms with Gasteiger partial charge in [0.1, 0.15) is 29.6 Å². The third kappa shape index (κ3) is 4.77. The Kier molecular flexibility index (Phi) is 6.22. The molecule has 4 rings (SSSR count). The molecule has 0 saturated heterocycles. The molecule has 0 aliphatic rings. The second-order valence-corrected chi connectivity index (χ2v) is 7.68. The number of rotatable bonds is 7. The first-order chi connectivity index (χ1) is 16.0. The minimum Gasteiger partial charge on any atom is -0.493 e. The van der Waals surface area contributed by atoms with E-state index >= 15 is 0 Å². The Bertz CT molecular complexity index is 1330. The average Bonchev–Trinajstić information content (AvgIpc) is 2.83. The lowest BCUT2D eigenvalue weighted by Crippen LogP contribution is -2.11. The number of benzene rings is 2. The maximum atomic E-state index is 9.84. The Morgan fingerprint density at radius 1 is 1.03 bits per heavy atom. The van der Waals surface area contributed by atoms with Gasteiger partial charge in [-0.25, -0.2) is 4.98 Å². The number of ether oxygens (including phenoxy) is 2. The number of hydrogen-bond donors (Lipinski definition) is 1. The molecule has 0 saturated carbocycles. The fourth-order valence-corrected chi connectivity index (χ4v) is 3.27. The minimum atomic E-state index is 0.381. The number of nitrogens with zero attached hydrogens (tertiary/aromatic N) is 5. The molecule has 2 aromatic carbocycles. The first-order valence-electron chi connectivity index (χ1n) is 10.3. The first kappa shape index (κ1) is 21.8. The predicted octanol–water partition coefficient (Wildman–Crippen LogP) is 4.60. The van der Waals surface area contributed by atoms with Crippen LogP contribution in [-0.4, -0.2) is 36.2 Å². The maximum absolute atomic E-state index is 9.84. The number of pyridine rings is 1. The quantitative estimate of drug-likeness (QED) is 0.445. The first-order valence-corrected chi connectivity index (χ1v) is 10.3. The normalized spacial score (nSPS) is 10.5. The second-order valence-electron chi connectivity index (χ2n) is 7.68. The number of nitriles is 1. The SMILES string of the molecule is COc1cc(Nc2ccc3ncc(N(C)C)nc3c2C#N)ccc1OCc1ccc(C)nc1. The lowest BCUT2D eigenvalue weighted by molar-refractivity contribution is 0.284. The number of hydrogen-bond acceptors (Lipinski definition) is 8. The number of aryl methyl sites for hydroxylation is 1. The molecule has 4 aromatic rings. The Morgan fingerprint density at radius 3 is 2.58 bits per heavy atom. The molecular weight excluding hydrogens is 416 g/mol. The van der Waals surface area contributed by atoms with Crippen LogP contribution in [0, 0.1) is 18.3 Å². The molecule has 0 spiro atoms.